The SMILES string of the molecule is O=S(=O)(O)C(F)(F)F.O=S(=O)(Oc1cc2c3c(c1)OCc1cccc(c1-3)OC2)C(F)(F)F. The number of rotatable bonds is 2. The van der Waals surface area contributed by atoms with Crippen LogP contribution in [0.5, 0.6) is 17.2 Å². The van der Waals surface area contributed by atoms with Crippen LogP contribution < -0.4 is 13.7 Å². The van der Waals surface area contributed by atoms with E-state index in [4.69, 9.17) is 22.4 Å². The Morgan fingerprint density at radius 3 is 1.91 bits per heavy atom. The molecule has 2 heterocycles. The second-order valence-corrected chi connectivity index (χ2v) is 9.18. The highest BCUT2D eigenvalue weighted by Gasteiger charge is 2.49. The number of benzene rings is 2. The van der Waals surface area contributed by atoms with Crippen molar-refractivity contribution in [2.24, 2.45) is 0 Å². The molecule has 0 atom stereocenters. The van der Waals surface area contributed by atoms with Gasteiger partial charge in [0.1, 0.15) is 30.5 Å². The molecule has 0 amide bonds. The zero-order valence-electron chi connectivity index (χ0n) is 15.2. The predicted molar refractivity (Wildman–Crippen MR) is 93.7 cm³/mol. The number of alkyl halides is 6. The maximum Gasteiger partial charge on any atom is 0.534 e. The summed E-state index contributed by atoms with van der Waals surface area (Å²) in [5.74, 6) is 0.455. The summed E-state index contributed by atoms with van der Waals surface area (Å²) in [6.07, 6.45) is 0. The first-order valence-corrected chi connectivity index (χ1v) is 11.0. The van der Waals surface area contributed by atoms with Gasteiger partial charge in [-0.15, -0.1) is 0 Å². The third-order valence-electron chi connectivity index (χ3n) is 4.07. The Labute approximate surface area is 176 Å². The Morgan fingerprint density at radius 1 is 0.812 bits per heavy atom. The van der Waals surface area contributed by atoms with Crippen molar-refractivity contribution in [2.75, 3.05) is 0 Å². The molecule has 4 rings (SSSR count). The van der Waals surface area contributed by atoms with E-state index in [0.717, 1.165) is 17.2 Å². The molecule has 2 aromatic rings. The predicted octanol–water partition coefficient (Wildman–Crippen LogP) is 3.76. The zero-order chi connectivity index (χ0) is 24.1. The van der Waals surface area contributed by atoms with Crippen LogP contribution in [-0.2, 0) is 33.5 Å². The fourth-order valence-electron chi connectivity index (χ4n) is 2.79. The summed E-state index contributed by atoms with van der Waals surface area (Å²) in [5, 5.41) is 0. The van der Waals surface area contributed by atoms with E-state index in [9.17, 15) is 34.8 Å². The molecule has 0 saturated heterocycles. The lowest BCUT2D eigenvalue weighted by Gasteiger charge is -2.29. The Morgan fingerprint density at radius 2 is 1.34 bits per heavy atom. The van der Waals surface area contributed by atoms with Crippen molar-refractivity contribution < 1.29 is 61.4 Å². The highest BCUT2D eigenvalue weighted by Crippen LogP contribution is 2.49. The van der Waals surface area contributed by atoms with Crippen molar-refractivity contribution in [2.45, 2.75) is 24.2 Å². The van der Waals surface area contributed by atoms with E-state index >= 15 is 0 Å². The van der Waals surface area contributed by atoms with Crippen LogP contribution in [0.1, 0.15) is 11.1 Å². The molecule has 0 fully saturated rings. The van der Waals surface area contributed by atoms with Gasteiger partial charge in [0.05, 0.1) is 0 Å². The van der Waals surface area contributed by atoms with E-state index in [0.29, 0.717) is 16.9 Å². The average molecular weight is 508 g/mol. The molecule has 0 radical (unpaired) electrons. The first kappa shape index (κ1) is 23.9. The quantitative estimate of drug-likeness (QED) is 0.282. The molecule has 2 aromatic carbocycles. The molecule has 0 aliphatic carbocycles. The molecule has 0 bridgehead atoms. The molecular formula is C16H10F6O8S2. The minimum Gasteiger partial charge on any atom is -0.488 e. The van der Waals surface area contributed by atoms with Gasteiger partial charge < -0.3 is 13.7 Å². The van der Waals surface area contributed by atoms with Gasteiger partial charge in [0.2, 0.25) is 0 Å². The van der Waals surface area contributed by atoms with E-state index in [1.165, 1.54) is 6.07 Å². The van der Waals surface area contributed by atoms with Crippen molar-refractivity contribution in [1.82, 2.24) is 0 Å². The zero-order valence-corrected chi connectivity index (χ0v) is 16.8. The Balaban J connectivity index is 0.000000312. The van der Waals surface area contributed by atoms with Gasteiger partial charge in [0.15, 0.2) is 0 Å². The minimum absolute atomic E-state index is 0.0748. The first-order chi connectivity index (χ1) is 14.5. The van der Waals surface area contributed by atoms with Crippen molar-refractivity contribution >= 4 is 20.2 Å². The van der Waals surface area contributed by atoms with E-state index in [-0.39, 0.29) is 19.0 Å². The van der Waals surface area contributed by atoms with Crippen molar-refractivity contribution in [3.63, 3.8) is 0 Å². The highest BCUT2D eigenvalue weighted by molar-refractivity contribution is 7.88. The summed E-state index contributed by atoms with van der Waals surface area (Å²) in [4.78, 5) is 0. The summed E-state index contributed by atoms with van der Waals surface area (Å²) in [5.41, 5.74) is -8.15. The lowest BCUT2D eigenvalue weighted by atomic mass is 9.90. The monoisotopic (exact) mass is 508 g/mol. The minimum atomic E-state index is -5.84. The molecule has 8 nitrogen and oxygen atoms in total. The van der Waals surface area contributed by atoms with E-state index < -0.39 is 37.0 Å². The first-order valence-electron chi connectivity index (χ1n) is 8.10. The number of ether oxygens (including phenoxy) is 2. The molecule has 0 spiro atoms. The molecule has 2 aliphatic heterocycles. The standard InChI is InChI=1S/C15H9F3O5S.CHF3O3S/c16-15(17,18)24(19,20)23-10-4-9-7-21-11-3-1-2-8-6-22-12(5-10)14(9)13(8)11;2-1(3,4)8(5,6)7/h1-5H,6-7H2;(H,5,6,7). The van der Waals surface area contributed by atoms with Gasteiger partial charge >= 0.3 is 31.3 Å². The van der Waals surface area contributed by atoms with Crippen LogP contribution in [0.25, 0.3) is 11.1 Å². The molecule has 16 heteroatoms. The third kappa shape index (κ3) is 4.56. The Bertz CT molecular complexity index is 1220. The highest BCUT2D eigenvalue weighted by atomic mass is 32.2. The molecule has 176 valence electrons. The van der Waals surface area contributed by atoms with Crippen LogP contribution in [-0.4, -0.2) is 32.4 Å². The summed E-state index contributed by atoms with van der Waals surface area (Å²) in [6, 6.07) is 7.83. The molecule has 1 N–H and O–H groups in total. The lowest BCUT2D eigenvalue weighted by Crippen LogP contribution is -2.28. The van der Waals surface area contributed by atoms with E-state index in [1.54, 1.807) is 6.07 Å². The number of halogens is 6. The van der Waals surface area contributed by atoms with Crippen molar-refractivity contribution in [3.05, 3.63) is 41.5 Å². The van der Waals surface area contributed by atoms with Gasteiger partial charge in [0.25, 0.3) is 0 Å². The van der Waals surface area contributed by atoms with Gasteiger partial charge in [0, 0.05) is 28.3 Å². The average Bonchev–Trinajstić information content (AvgIpc) is 2.63. The summed E-state index contributed by atoms with van der Waals surface area (Å²) in [6.45, 7) is 0.278. The summed E-state index contributed by atoms with van der Waals surface area (Å²) in [7, 11) is -11.6. The molecular weight excluding hydrogens is 498 g/mol. The smallest absolute Gasteiger partial charge is 0.488 e. The molecule has 0 saturated carbocycles. The number of hydrogen-bond donors (Lipinski definition) is 1. The second-order valence-electron chi connectivity index (χ2n) is 6.23. The fourth-order valence-corrected chi connectivity index (χ4v) is 3.23. The summed E-state index contributed by atoms with van der Waals surface area (Å²) >= 11 is 0. The van der Waals surface area contributed by atoms with Gasteiger partial charge in [-0.05, 0) is 12.1 Å². The van der Waals surface area contributed by atoms with Crippen molar-refractivity contribution in [3.8, 4) is 28.4 Å². The molecule has 32 heavy (non-hydrogen) atoms. The van der Waals surface area contributed by atoms with Crippen LogP contribution >= 0.6 is 0 Å². The van der Waals surface area contributed by atoms with Crippen molar-refractivity contribution in [1.29, 1.82) is 0 Å². The Hall–Kier alpha value is -2.72. The molecule has 0 unspecified atom stereocenters. The van der Waals surface area contributed by atoms with Crippen LogP contribution in [0.15, 0.2) is 30.3 Å². The van der Waals surface area contributed by atoms with Gasteiger partial charge in [-0.25, -0.2) is 0 Å². The topological polar surface area (TPSA) is 116 Å². The normalized spacial score (nSPS) is 14.8. The van der Waals surface area contributed by atoms with Crippen LogP contribution in [0, 0.1) is 0 Å². The largest absolute Gasteiger partial charge is 0.534 e. The maximum absolute atomic E-state index is 12.5. The molecule has 0 aromatic heterocycles. The fraction of sp³-hybridized carbons (Fsp3) is 0.250. The van der Waals surface area contributed by atoms with Crippen LogP contribution in [0.3, 0.4) is 0 Å². The lowest BCUT2D eigenvalue weighted by molar-refractivity contribution is -0.0512. The second kappa shape index (κ2) is 7.70. The van der Waals surface area contributed by atoms with Crippen LogP contribution in [0.2, 0.25) is 0 Å². The summed E-state index contributed by atoms with van der Waals surface area (Å²) < 4.78 is 133. The van der Waals surface area contributed by atoms with Crippen LogP contribution in [0.4, 0.5) is 26.3 Å². The van der Waals surface area contributed by atoms with Gasteiger partial charge in [-0.3, -0.25) is 4.55 Å². The number of hydrogen-bond acceptors (Lipinski definition) is 7. The maximum atomic E-state index is 12.5. The van der Waals surface area contributed by atoms with E-state index in [1.807, 2.05) is 12.1 Å². The van der Waals surface area contributed by atoms with E-state index in [2.05, 4.69) is 4.18 Å². The van der Waals surface area contributed by atoms with Gasteiger partial charge in [-0.1, -0.05) is 12.1 Å². The molecule has 2 aliphatic rings. The van der Waals surface area contributed by atoms with Gasteiger partial charge in [-0.2, -0.15) is 43.2 Å². The third-order valence-corrected chi connectivity index (χ3v) is 5.63. The Kier molecular flexibility index (Phi) is 5.76.